The smallest absolute Gasteiger partial charge is 0.311 e. The maximum atomic E-state index is 10.5. The Balaban J connectivity index is 4.05. The van der Waals surface area contributed by atoms with Crippen LogP contribution in [0.5, 0.6) is 0 Å². The van der Waals surface area contributed by atoms with Crippen molar-refractivity contribution in [3.8, 4) is 0 Å². The summed E-state index contributed by atoms with van der Waals surface area (Å²) in [6.45, 7) is 4.01. The van der Waals surface area contributed by atoms with E-state index in [1.807, 2.05) is 13.8 Å². The Labute approximate surface area is 78.2 Å². The molecular weight excluding hydrogens is 194 g/mol. The molecule has 0 rings (SSSR count). The highest BCUT2D eigenvalue weighted by molar-refractivity contribution is 8.01. The molecule has 2 N–H and O–H groups in total. The van der Waals surface area contributed by atoms with E-state index in [2.05, 4.69) is 5.16 Å². The molecule has 0 aliphatic heterocycles. The topological polar surface area (TPSA) is 87.0 Å². The van der Waals surface area contributed by atoms with Gasteiger partial charge in [-0.2, -0.15) is 8.42 Å². The monoisotopic (exact) mass is 209 g/mol. The van der Waals surface area contributed by atoms with Gasteiger partial charge in [-0.05, 0) is 12.3 Å². The average Bonchev–Trinajstić information content (AvgIpc) is 1.95. The molecule has 0 heterocycles. The first kappa shape index (κ1) is 12.4. The molecule has 0 amide bonds. The van der Waals surface area contributed by atoms with Crippen LogP contribution in [0.1, 0.15) is 33.1 Å². The van der Waals surface area contributed by atoms with Gasteiger partial charge in [0, 0.05) is 6.42 Å². The van der Waals surface area contributed by atoms with Crippen molar-refractivity contribution >= 4 is 15.2 Å². The Bertz CT molecular complexity index is 268. The Hall–Kier alpha value is -0.620. The van der Waals surface area contributed by atoms with Gasteiger partial charge in [-0.3, -0.25) is 4.55 Å². The van der Waals surface area contributed by atoms with Crippen molar-refractivity contribution in [2.45, 2.75) is 33.1 Å². The van der Waals surface area contributed by atoms with Crippen LogP contribution >= 0.6 is 0 Å². The van der Waals surface area contributed by atoms with E-state index in [1.165, 1.54) is 0 Å². The largest absolute Gasteiger partial charge is 0.410 e. The van der Waals surface area contributed by atoms with Crippen molar-refractivity contribution in [3.63, 3.8) is 0 Å². The summed E-state index contributed by atoms with van der Waals surface area (Å²) in [6.07, 6.45) is 1.49. The van der Waals surface area contributed by atoms with Gasteiger partial charge in [0.25, 0.3) is 0 Å². The van der Waals surface area contributed by atoms with E-state index >= 15 is 0 Å². The van der Waals surface area contributed by atoms with Gasteiger partial charge in [-0.25, -0.2) is 0 Å². The summed E-state index contributed by atoms with van der Waals surface area (Å²) in [5.41, 5.74) is 0. The second kappa shape index (κ2) is 5.18. The zero-order chi connectivity index (χ0) is 10.5. The predicted molar refractivity (Wildman–Crippen MR) is 49.5 cm³/mol. The molecule has 0 atom stereocenters. The number of hydrogen-bond acceptors (Lipinski definition) is 4. The van der Waals surface area contributed by atoms with Gasteiger partial charge in [-0.15, -0.1) is 0 Å². The minimum atomic E-state index is -4.31. The van der Waals surface area contributed by atoms with Crippen LogP contribution in [0.2, 0.25) is 0 Å². The third kappa shape index (κ3) is 5.59. The number of nitrogens with zero attached hydrogens (tertiary/aromatic N) is 1. The molecule has 0 unspecified atom stereocenters. The summed E-state index contributed by atoms with van der Waals surface area (Å²) in [5, 5.41) is 10.2. The molecule has 13 heavy (non-hydrogen) atoms. The lowest BCUT2D eigenvalue weighted by atomic mass is 10.1. The van der Waals surface area contributed by atoms with Gasteiger partial charge in [0.15, 0.2) is 5.04 Å². The van der Waals surface area contributed by atoms with E-state index in [1.54, 1.807) is 0 Å². The van der Waals surface area contributed by atoms with Crippen LogP contribution in [-0.2, 0) is 10.1 Å². The van der Waals surface area contributed by atoms with Crippen molar-refractivity contribution in [2.75, 3.05) is 0 Å². The van der Waals surface area contributed by atoms with E-state index in [0.717, 1.165) is 6.42 Å². The third-order valence-electron chi connectivity index (χ3n) is 1.58. The molecule has 0 bridgehead atoms. The summed E-state index contributed by atoms with van der Waals surface area (Å²) in [7, 11) is -4.31. The lowest BCUT2D eigenvalue weighted by Gasteiger charge is -2.03. The fraction of sp³-hybridized carbons (Fsp3) is 0.857. The highest BCUT2D eigenvalue weighted by Gasteiger charge is 2.15. The minimum absolute atomic E-state index is 0.0769. The van der Waals surface area contributed by atoms with Crippen molar-refractivity contribution in [1.29, 1.82) is 0 Å². The van der Waals surface area contributed by atoms with E-state index in [9.17, 15) is 8.42 Å². The fourth-order valence-electron chi connectivity index (χ4n) is 0.892. The molecule has 0 saturated heterocycles. The second-order valence-electron chi connectivity index (χ2n) is 3.25. The quantitative estimate of drug-likeness (QED) is 0.241. The highest BCUT2D eigenvalue weighted by atomic mass is 32.2. The van der Waals surface area contributed by atoms with Crippen molar-refractivity contribution in [3.05, 3.63) is 0 Å². The average molecular weight is 209 g/mol. The maximum absolute atomic E-state index is 10.5. The summed E-state index contributed by atoms with van der Waals surface area (Å²) >= 11 is 0. The molecule has 6 heteroatoms. The van der Waals surface area contributed by atoms with E-state index in [0.29, 0.717) is 12.3 Å². The zero-order valence-corrected chi connectivity index (χ0v) is 8.58. The molecule has 5 nitrogen and oxygen atoms in total. The molecule has 0 aromatic heterocycles. The van der Waals surface area contributed by atoms with Crippen LogP contribution in [0, 0.1) is 5.92 Å². The lowest BCUT2D eigenvalue weighted by Crippen LogP contribution is -2.13. The standard InChI is InChI=1S/C7H15NO4S/c1-6(2)4-3-5-7(8-9)13(10,11)12/h6,9H,3-5H2,1-2H3,(H,10,11,12). The Morgan fingerprint density at radius 2 is 2.00 bits per heavy atom. The number of hydrogen-bond donors (Lipinski definition) is 2. The molecule has 0 aliphatic rings. The first-order chi connectivity index (χ1) is 5.88. The van der Waals surface area contributed by atoms with Crippen molar-refractivity contribution in [2.24, 2.45) is 11.1 Å². The van der Waals surface area contributed by atoms with Gasteiger partial charge in [0.2, 0.25) is 0 Å². The molecule has 0 aromatic rings. The summed E-state index contributed by atoms with van der Waals surface area (Å²) in [5.74, 6) is 0.460. The van der Waals surface area contributed by atoms with Gasteiger partial charge in [0.1, 0.15) is 0 Å². The molecule has 0 aromatic carbocycles. The lowest BCUT2D eigenvalue weighted by molar-refractivity contribution is 0.318. The van der Waals surface area contributed by atoms with Gasteiger partial charge >= 0.3 is 10.1 Å². The van der Waals surface area contributed by atoms with Gasteiger partial charge in [0.05, 0.1) is 0 Å². The van der Waals surface area contributed by atoms with Gasteiger partial charge < -0.3 is 5.21 Å². The fourth-order valence-corrected chi connectivity index (χ4v) is 1.40. The van der Waals surface area contributed by atoms with E-state index in [4.69, 9.17) is 9.76 Å². The van der Waals surface area contributed by atoms with Crippen molar-refractivity contribution < 1.29 is 18.2 Å². The van der Waals surface area contributed by atoms with E-state index in [-0.39, 0.29) is 6.42 Å². The molecule has 0 spiro atoms. The SMILES string of the molecule is CC(C)CCCC(=NO)S(=O)(=O)O. The third-order valence-corrected chi connectivity index (χ3v) is 2.46. The number of rotatable bonds is 4. The summed E-state index contributed by atoms with van der Waals surface area (Å²) in [4.78, 5) is 0. The first-order valence-corrected chi connectivity index (χ1v) is 5.50. The summed E-state index contributed by atoms with van der Waals surface area (Å²) < 4.78 is 29.5. The van der Waals surface area contributed by atoms with E-state index < -0.39 is 15.2 Å². The summed E-state index contributed by atoms with van der Waals surface area (Å²) in [6, 6.07) is 0. The Morgan fingerprint density at radius 3 is 2.31 bits per heavy atom. The van der Waals surface area contributed by atoms with Gasteiger partial charge in [-0.1, -0.05) is 25.4 Å². The Morgan fingerprint density at radius 1 is 1.46 bits per heavy atom. The normalized spacial score (nSPS) is 13.7. The molecule has 0 aliphatic carbocycles. The highest BCUT2D eigenvalue weighted by Crippen LogP contribution is 2.08. The first-order valence-electron chi connectivity index (χ1n) is 4.06. The van der Waals surface area contributed by atoms with Crippen LogP contribution in [-0.4, -0.2) is 23.2 Å². The van der Waals surface area contributed by atoms with Crippen LogP contribution in [0.3, 0.4) is 0 Å². The minimum Gasteiger partial charge on any atom is -0.410 e. The second-order valence-corrected chi connectivity index (χ2v) is 4.68. The predicted octanol–water partition coefficient (Wildman–Crippen LogP) is 1.49. The Kier molecular flexibility index (Phi) is 4.94. The van der Waals surface area contributed by atoms with Crippen molar-refractivity contribution in [1.82, 2.24) is 0 Å². The molecule has 78 valence electrons. The molecule has 0 radical (unpaired) electrons. The molecular formula is C7H15NO4S. The van der Waals surface area contributed by atoms with Crippen LogP contribution < -0.4 is 0 Å². The molecule has 0 fully saturated rings. The zero-order valence-electron chi connectivity index (χ0n) is 7.77. The number of oxime groups is 1. The molecule has 0 saturated carbocycles. The van der Waals surface area contributed by atoms with Crippen LogP contribution in [0.25, 0.3) is 0 Å². The maximum Gasteiger partial charge on any atom is 0.311 e. The van der Waals surface area contributed by atoms with Crippen LogP contribution in [0.4, 0.5) is 0 Å². The van der Waals surface area contributed by atoms with Crippen LogP contribution in [0.15, 0.2) is 5.16 Å².